The number of amides is 1. The molecule has 0 aliphatic heterocycles. The molecule has 0 radical (unpaired) electrons. The number of carbonyl (C=O) groups is 2. The molecule has 0 spiro atoms. The van der Waals surface area contributed by atoms with Gasteiger partial charge >= 0.3 is 5.97 Å². The smallest absolute Gasteiger partial charge is 0.305 e. The normalized spacial score (nSPS) is 17.1. The van der Waals surface area contributed by atoms with Gasteiger partial charge in [0.2, 0.25) is 5.91 Å². The number of rotatable bonds is 5. The standard InChI is InChI=1S/C14H18N2O3/c15-13(19)10-3-5-11(6-4-10)16-14(9-12(17)18)7-1-2-8-14/h3-6,16H,1-2,7-9H2,(H2,15,19)(H,17,18). The van der Waals surface area contributed by atoms with Crippen LogP contribution < -0.4 is 11.1 Å². The van der Waals surface area contributed by atoms with Crippen molar-refractivity contribution >= 4 is 17.6 Å². The number of hydrogen-bond donors (Lipinski definition) is 3. The fourth-order valence-corrected chi connectivity index (χ4v) is 2.71. The summed E-state index contributed by atoms with van der Waals surface area (Å²) >= 11 is 0. The molecule has 1 fully saturated rings. The highest BCUT2D eigenvalue weighted by Crippen LogP contribution is 2.35. The Bertz CT molecular complexity index is 476. The lowest BCUT2D eigenvalue weighted by Gasteiger charge is -2.30. The van der Waals surface area contributed by atoms with E-state index in [1.807, 2.05) is 0 Å². The fraction of sp³-hybridized carbons (Fsp3) is 0.429. The second-order valence-corrected chi connectivity index (χ2v) is 5.12. The van der Waals surface area contributed by atoms with Crippen LogP contribution in [0.3, 0.4) is 0 Å². The first-order chi connectivity index (χ1) is 9.01. The maximum Gasteiger partial charge on any atom is 0.305 e. The summed E-state index contributed by atoms with van der Waals surface area (Å²) in [4.78, 5) is 22.0. The predicted octanol–water partition coefficient (Wildman–Crippen LogP) is 1.98. The van der Waals surface area contributed by atoms with E-state index in [1.54, 1.807) is 24.3 Å². The first kappa shape index (κ1) is 13.4. The van der Waals surface area contributed by atoms with Gasteiger partial charge in [-0.05, 0) is 37.1 Å². The fourth-order valence-electron chi connectivity index (χ4n) is 2.71. The lowest BCUT2D eigenvalue weighted by atomic mass is 9.92. The van der Waals surface area contributed by atoms with Gasteiger partial charge in [0, 0.05) is 16.8 Å². The van der Waals surface area contributed by atoms with Gasteiger partial charge in [0.1, 0.15) is 0 Å². The van der Waals surface area contributed by atoms with Crippen molar-refractivity contribution in [3.8, 4) is 0 Å². The van der Waals surface area contributed by atoms with Crippen LogP contribution in [0.1, 0.15) is 42.5 Å². The highest BCUT2D eigenvalue weighted by Gasteiger charge is 2.35. The number of anilines is 1. The van der Waals surface area contributed by atoms with E-state index in [0.29, 0.717) is 5.56 Å². The highest BCUT2D eigenvalue weighted by molar-refractivity contribution is 5.93. The SMILES string of the molecule is NC(=O)c1ccc(NC2(CC(=O)O)CCCC2)cc1. The van der Waals surface area contributed by atoms with Crippen molar-refractivity contribution in [2.75, 3.05) is 5.32 Å². The molecule has 1 saturated carbocycles. The first-order valence-corrected chi connectivity index (χ1v) is 6.41. The Balaban J connectivity index is 2.13. The zero-order valence-corrected chi connectivity index (χ0v) is 10.7. The molecule has 0 unspecified atom stereocenters. The Labute approximate surface area is 111 Å². The van der Waals surface area contributed by atoms with E-state index in [0.717, 1.165) is 31.4 Å². The van der Waals surface area contributed by atoms with Crippen molar-refractivity contribution < 1.29 is 14.7 Å². The van der Waals surface area contributed by atoms with E-state index in [-0.39, 0.29) is 12.0 Å². The third-order valence-corrected chi connectivity index (χ3v) is 3.63. The van der Waals surface area contributed by atoms with Crippen molar-refractivity contribution in [3.63, 3.8) is 0 Å². The van der Waals surface area contributed by atoms with Crippen LogP contribution in [-0.2, 0) is 4.79 Å². The summed E-state index contributed by atoms with van der Waals surface area (Å²) < 4.78 is 0. The number of aliphatic carboxylic acids is 1. The minimum absolute atomic E-state index is 0.116. The number of carbonyl (C=O) groups excluding carboxylic acids is 1. The summed E-state index contributed by atoms with van der Waals surface area (Å²) in [5.74, 6) is -1.25. The second-order valence-electron chi connectivity index (χ2n) is 5.12. The van der Waals surface area contributed by atoms with Crippen LogP contribution in [0.5, 0.6) is 0 Å². The minimum Gasteiger partial charge on any atom is -0.481 e. The summed E-state index contributed by atoms with van der Waals surface area (Å²) in [5.41, 5.74) is 6.10. The number of benzene rings is 1. The largest absolute Gasteiger partial charge is 0.481 e. The van der Waals surface area contributed by atoms with E-state index in [1.165, 1.54) is 0 Å². The van der Waals surface area contributed by atoms with Crippen LogP contribution in [0, 0.1) is 0 Å². The quantitative estimate of drug-likeness (QED) is 0.756. The van der Waals surface area contributed by atoms with Gasteiger partial charge in [-0.1, -0.05) is 12.8 Å². The molecule has 1 amide bonds. The molecule has 102 valence electrons. The molecule has 0 saturated heterocycles. The third-order valence-electron chi connectivity index (χ3n) is 3.63. The van der Waals surface area contributed by atoms with Crippen LogP contribution in [-0.4, -0.2) is 22.5 Å². The van der Waals surface area contributed by atoms with Crippen LogP contribution >= 0.6 is 0 Å². The van der Waals surface area contributed by atoms with Gasteiger partial charge in [-0.15, -0.1) is 0 Å². The molecular formula is C14H18N2O3. The summed E-state index contributed by atoms with van der Waals surface area (Å²) in [7, 11) is 0. The molecule has 0 aromatic heterocycles. The van der Waals surface area contributed by atoms with Crippen LogP contribution in [0.25, 0.3) is 0 Å². The van der Waals surface area contributed by atoms with E-state index in [9.17, 15) is 9.59 Å². The van der Waals surface area contributed by atoms with Gasteiger partial charge in [0.15, 0.2) is 0 Å². The molecule has 1 aromatic carbocycles. The van der Waals surface area contributed by atoms with Crippen LogP contribution in [0.2, 0.25) is 0 Å². The zero-order valence-electron chi connectivity index (χ0n) is 10.7. The maximum atomic E-state index is 11.0. The number of nitrogens with one attached hydrogen (secondary N) is 1. The highest BCUT2D eigenvalue weighted by atomic mass is 16.4. The first-order valence-electron chi connectivity index (χ1n) is 6.41. The van der Waals surface area contributed by atoms with Crippen molar-refractivity contribution in [1.82, 2.24) is 0 Å². The number of hydrogen-bond acceptors (Lipinski definition) is 3. The summed E-state index contributed by atoms with van der Waals surface area (Å²) in [5, 5.41) is 12.4. The summed E-state index contributed by atoms with van der Waals surface area (Å²) in [6.45, 7) is 0. The average Bonchev–Trinajstić information content (AvgIpc) is 2.77. The van der Waals surface area contributed by atoms with E-state index in [4.69, 9.17) is 10.8 Å². The topological polar surface area (TPSA) is 92.4 Å². The molecule has 1 aromatic rings. The Morgan fingerprint density at radius 2 is 1.79 bits per heavy atom. The molecule has 5 nitrogen and oxygen atoms in total. The molecular weight excluding hydrogens is 244 g/mol. The molecule has 4 N–H and O–H groups in total. The molecule has 0 bridgehead atoms. The zero-order chi connectivity index (χ0) is 13.9. The summed E-state index contributed by atoms with van der Waals surface area (Å²) in [6.07, 6.45) is 3.91. The number of primary amides is 1. The lowest BCUT2D eigenvalue weighted by molar-refractivity contribution is -0.138. The maximum absolute atomic E-state index is 11.0. The Morgan fingerprint density at radius 3 is 2.26 bits per heavy atom. The van der Waals surface area contributed by atoms with Gasteiger partial charge in [-0.2, -0.15) is 0 Å². The van der Waals surface area contributed by atoms with Crippen molar-refractivity contribution in [2.45, 2.75) is 37.6 Å². The van der Waals surface area contributed by atoms with Crippen LogP contribution in [0.15, 0.2) is 24.3 Å². The van der Waals surface area contributed by atoms with Crippen LogP contribution in [0.4, 0.5) is 5.69 Å². The Kier molecular flexibility index (Phi) is 3.74. The Morgan fingerprint density at radius 1 is 1.21 bits per heavy atom. The number of carboxylic acid groups (broad SMARTS) is 1. The molecule has 1 aliphatic carbocycles. The predicted molar refractivity (Wildman–Crippen MR) is 72.0 cm³/mol. The van der Waals surface area contributed by atoms with Crippen molar-refractivity contribution in [3.05, 3.63) is 29.8 Å². The minimum atomic E-state index is -0.789. The van der Waals surface area contributed by atoms with E-state index in [2.05, 4.69) is 5.32 Å². The number of nitrogens with two attached hydrogens (primary N) is 1. The van der Waals surface area contributed by atoms with Gasteiger partial charge in [0.25, 0.3) is 0 Å². The second kappa shape index (κ2) is 5.30. The molecule has 2 rings (SSSR count). The van der Waals surface area contributed by atoms with Gasteiger partial charge in [0.05, 0.1) is 6.42 Å². The monoisotopic (exact) mass is 262 g/mol. The van der Waals surface area contributed by atoms with Crippen molar-refractivity contribution in [2.24, 2.45) is 5.73 Å². The molecule has 5 heteroatoms. The molecule has 1 aliphatic rings. The van der Waals surface area contributed by atoms with Gasteiger partial charge in [-0.3, -0.25) is 9.59 Å². The average molecular weight is 262 g/mol. The summed E-state index contributed by atoms with van der Waals surface area (Å²) in [6, 6.07) is 6.83. The molecule has 0 atom stereocenters. The number of carboxylic acids is 1. The van der Waals surface area contributed by atoms with Gasteiger partial charge < -0.3 is 16.2 Å². The van der Waals surface area contributed by atoms with Crippen molar-refractivity contribution in [1.29, 1.82) is 0 Å². The Hall–Kier alpha value is -2.04. The molecule has 19 heavy (non-hydrogen) atoms. The lowest BCUT2D eigenvalue weighted by Crippen LogP contribution is -2.37. The van der Waals surface area contributed by atoms with Gasteiger partial charge in [-0.25, -0.2) is 0 Å². The molecule has 0 heterocycles. The van der Waals surface area contributed by atoms with E-state index >= 15 is 0 Å². The van der Waals surface area contributed by atoms with E-state index < -0.39 is 11.9 Å². The third kappa shape index (κ3) is 3.24.